The molecule has 0 radical (unpaired) electrons. The Balaban J connectivity index is 1.72. The van der Waals surface area contributed by atoms with Crippen LogP contribution in [0.15, 0.2) is 36.4 Å². The van der Waals surface area contributed by atoms with Gasteiger partial charge >= 0.3 is 0 Å². The van der Waals surface area contributed by atoms with Crippen LogP contribution in [0.5, 0.6) is 5.75 Å². The molecular weight excluding hydrogens is 400 g/mol. The molecule has 2 aromatic carbocycles. The van der Waals surface area contributed by atoms with Gasteiger partial charge in [0, 0.05) is 20.0 Å². The first-order chi connectivity index (χ1) is 15.3. The molecule has 0 aliphatic carbocycles. The summed E-state index contributed by atoms with van der Waals surface area (Å²) in [6, 6.07) is 12.1. The summed E-state index contributed by atoms with van der Waals surface area (Å²) in [5.74, 6) is 1.01. The number of ether oxygens (including phenoxy) is 1. The number of methoxy groups -OCH3 is 1. The van der Waals surface area contributed by atoms with E-state index in [9.17, 15) is 9.59 Å². The number of carbonyl (C=O) groups is 2. The van der Waals surface area contributed by atoms with Gasteiger partial charge in [-0.2, -0.15) is 0 Å². The maximum absolute atomic E-state index is 13.1. The lowest BCUT2D eigenvalue weighted by Gasteiger charge is -2.38. The smallest absolute Gasteiger partial charge is 0.246 e. The van der Waals surface area contributed by atoms with E-state index in [4.69, 9.17) is 4.74 Å². The lowest BCUT2D eigenvalue weighted by Crippen LogP contribution is -2.59. The number of benzene rings is 2. The molecule has 1 aliphatic rings. The Labute approximate surface area is 192 Å². The molecule has 1 saturated heterocycles. The Morgan fingerprint density at radius 1 is 0.969 bits per heavy atom. The summed E-state index contributed by atoms with van der Waals surface area (Å²) in [4.78, 5) is 29.0. The highest BCUT2D eigenvalue weighted by atomic mass is 16.5. The van der Waals surface area contributed by atoms with Gasteiger partial charge in [-0.3, -0.25) is 9.59 Å². The van der Waals surface area contributed by atoms with Crippen molar-refractivity contribution < 1.29 is 14.3 Å². The monoisotopic (exact) mass is 436 g/mol. The molecule has 0 aromatic heterocycles. The van der Waals surface area contributed by atoms with E-state index in [2.05, 4.69) is 57.2 Å². The molecule has 1 atom stereocenters. The highest BCUT2D eigenvalue weighted by Crippen LogP contribution is 2.30. The van der Waals surface area contributed by atoms with Gasteiger partial charge in [0.05, 0.1) is 13.7 Å². The molecule has 0 bridgehead atoms. The van der Waals surface area contributed by atoms with Gasteiger partial charge in [0.2, 0.25) is 11.8 Å². The molecule has 2 aromatic rings. The lowest BCUT2D eigenvalue weighted by atomic mass is 9.96. The summed E-state index contributed by atoms with van der Waals surface area (Å²) in [7, 11) is 3.45. The van der Waals surface area contributed by atoms with Crippen molar-refractivity contribution >= 4 is 11.8 Å². The average molecular weight is 437 g/mol. The Bertz CT molecular complexity index is 929. The minimum absolute atomic E-state index is 0.0193. The van der Waals surface area contributed by atoms with Crippen molar-refractivity contribution in [2.75, 3.05) is 27.2 Å². The second-order valence-corrected chi connectivity index (χ2v) is 8.89. The molecular formula is C27H36N2O3. The second kappa shape index (κ2) is 10.7. The molecule has 5 nitrogen and oxygen atoms in total. The van der Waals surface area contributed by atoms with Crippen LogP contribution in [0, 0.1) is 13.8 Å². The number of hydrogen-bond acceptors (Lipinski definition) is 3. The fourth-order valence-electron chi connectivity index (χ4n) is 4.54. The molecule has 1 heterocycles. The molecule has 0 N–H and O–H groups in total. The Hall–Kier alpha value is -2.82. The highest BCUT2D eigenvalue weighted by Gasteiger charge is 2.36. The Morgan fingerprint density at radius 2 is 1.62 bits per heavy atom. The first-order valence-corrected chi connectivity index (χ1v) is 11.6. The SMILES string of the molecule is CCCCCCN1CC(=O)N(C)C(Cc2ccc(-c3cc(C)c(OC)c(C)c3)cc2)C1=O. The van der Waals surface area contributed by atoms with Crippen LogP contribution in [0.2, 0.25) is 0 Å². The molecule has 32 heavy (non-hydrogen) atoms. The lowest BCUT2D eigenvalue weighted by molar-refractivity contribution is -0.154. The van der Waals surface area contributed by atoms with Crippen LogP contribution in [0.25, 0.3) is 11.1 Å². The zero-order valence-electron chi connectivity index (χ0n) is 20.1. The third-order valence-electron chi connectivity index (χ3n) is 6.45. The van der Waals surface area contributed by atoms with Crippen LogP contribution in [0.4, 0.5) is 0 Å². The van der Waals surface area contributed by atoms with Crippen LogP contribution in [-0.4, -0.2) is 54.9 Å². The molecule has 1 fully saturated rings. The first kappa shape index (κ1) is 23.8. The van der Waals surface area contributed by atoms with Gasteiger partial charge < -0.3 is 14.5 Å². The summed E-state index contributed by atoms with van der Waals surface area (Å²) in [6.45, 7) is 7.15. The predicted molar refractivity (Wildman–Crippen MR) is 129 cm³/mol. The number of piperazine rings is 1. The maximum atomic E-state index is 13.1. The van der Waals surface area contributed by atoms with Crippen molar-refractivity contribution in [3.05, 3.63) is 53.1 Å². The molecule has 1 aliphatic heterocycles. The Kier molecular flexibility index (Phi) is 7.94. The summed E-state index contributed by atoms with van der Waals surface area (Å²) in [5, 5.41) is 0. The molecule has 0 spiro atoms. The first-order valence-electron chi connectivity index (χ1n) is 11.6. The number of rotatable bonds is 9. The van der Waals surface area contributed by atoms with Crippen molar-refractivity contribution in [1.82, 2.24) is 9.80 Å². The molecule has 2 amide bonds. The zero-order chi connectivity index (χ0) is 23.3. The van der Waals surface area contributed by atoms with Crippen LogP contribution in [-0.2, 0) is 16.0 Å². The van der Waals surface area contributed by atoms with E-state index < -0.39 is 6.04 Å². The van der Waals surface area contributed by atoms with Gasteiger partial charge in [0.25, 0.3) is 0 Å². The fraction of sp³-hybridized carbons (Fsp3) is 0.481. The number of likely N-dealkylation sites (N-methyl/N-ethyl adjacent to an activating group) is 1. The van der Waals surface area contributed by atoms with Crippen LogP contribution in [0.3, 0.4) is 0 Å². The van der Waals surface area contributed by atoms with Gasteiger partial charge in [-0.05, 0) is 60.2 Å². The predicted octanol–water partition coefficient (Wildman–Crippen LogP) is 4.77. The number of nitrogens with zero attached hydrogens (tertiary/aromatic N) is 2. The topological polar surface area (TPSA) is 49.9 Å². The second-order valence-electron chi connectivity index (χ2n) is 8.89. The van der Waals surface area contributed by atoms with Gasteiger partial charge in [0.15, 0.2) is 0 Å². The summed E-state index contributed by atoms with van der Waals surface area (Å²) >= 11 is 0. The number of carbonyl (C=O) groups excluding carboxylic acids is 2. The number of amides is 2. The Morgan fingerprint density at radius 3 is 2.22 bits per heavy atom. The quantitative estimate of drug-likeness (QED) is 0.532. The average Bonchev–Trinajstić information content (AvgIpc) is 2.77. The maximum Gasteiger partial charge on any atom is 0.246 e. The summed E-state index contributed by atoms with van der Waals surface area (Å²) in [5.41, 5.74) is 5.55. The number of aryl methyl sites for hydroxylation is 2. The zero-order valence-corrected chi connectivity index (χ0v) is 20.1. The van der Waals surface area contributed by atoms with E-state index >= 15 is 0 Å². The van der Waals surface area contributed by atoms with Crippen molar-refractivity contribution in [3.8, 4) is 16.9 Å². The van der Waals surface area contributed by atoms with Crippen molar-refractivity contribution in [2.45, 2.75) is 58.9 Å². The van der Waals surface area contributed by atoms with Crippen molar-refractivity contribution in [1.29, 1.82) is 0 Å². The summed E-state index contributed by atoms with van der Waals surface area (Å²) in [6.07, 6.45) is 4.91. The van der Waals surface area contributed by atoms with Crippen LogP contribution < -0.4 is 4.74 Å². The van der Waals surface area contributed by atoms with Crippen LogP contribution >= 0.6 is 0 Å². The third kappa shape index (κ3) is 5.32. The highest BCUT2D eigenvalue weighted by molar-refractivity contribution is 5.94. The van der Waals surface area contributed by atoms with Gasteiger partial charge in [0.1, 0.15) is 11.8 Å². The molecule has 172 valence electrons. The normalized spacial score (nSPS) is 16.6. The van der Waals surface area contributed by atoms with E-state index in [0.717, 1.165) is 52.8 Å². The van der Waals surface area contributed by atoms with E-state index in [1.807, 2.05) is 0 Å². The van der Waals surface area contributed by atoms with Crippen molar-refractivity contribution in [2.24, 2.45) is 0 Å². The molecule has 3 rings (SSSR count). The fourth-order valence-corrected chi connectivity index (χ4v) is 4.54. The summed E-state index contributed by atoms with van der Waals surface area (Å²) < 4.78 is 5.48. The standard InChI is InChI=1S/C27H36N2O3/c1-6-7-8-9-14-29-18-25(30)28(4)24(27(29)31)17-21-10-12-22(13-11-21)23-15-19(2)26(32-5)20(3)16-23/h10-13,15-16,24H,6-9,14,17-18H2,1-5H3. The van der Waals surface area contributed by atoms with E-state index in [1.165, 1.54) is 6.42 Å². The number of unbranched alkanes of at least 4 members (excludes halogenated alkanes) is 3. The van der Waals surface area contributed by atoms with E-state index in [1.54, 1.807) is 24.0 Å². The van der Waals surface area contributed by atoms with Crippen LogP contribution in [0.1, 0.15) is 49.3 Å². The molecule has 1 unspecified atom stereocenters. The largest absolute Gasteiger partial charge is 0.496 e. The van der Waals surface area contributed by atoms with Crippen molar-refractivity contribution in [3.63, 3.8) is 0 Å². The third-order valence-corrected chi connectivity index (χ3v) is 6.45. The van der Waals surface area contributed by atoms with Gasteiger partial charge in [-0.1, -0.05) is 50.5 Å². The van der Waals surface area contributed by atoms with E-state index in [0.29, 0.717) is 13.0 Å². The van der Waals surface area contributed by atoms with E-state index in [-0.39, 0.29) is 18.4 Å². The van der Waals surface area contributed by atoms with Gasteiger partial charge in [-0.25, -0.2) is 0 Å². The molecule has 5 heteroatoms. The minimum atomic E-state index is -0.432. The van der Waals surface area contributed by atoms with Gasteiger partial charge in [-0.15, -0.1) is 0 Å². The minimum Gasteiger partial charge on any atom is -0.496 e. The number of hydrogen-bond donors (Lipinski definition) is 0. The molecule has 0 saturated carbocycles.